The second-order valence-corrected chi connectivity index (χ2v) is 15.6. The Labute approximate surface area is 285 Å². The van der Waals surface area contributed by atoms with Gasteiger partial charge in [0.1, 0.15) is 0 Å². The van der Waals surface area contributed by atoms with Gasteiger partial charge in [0.25, 0.3) is 0 Å². The highest BCUT2D eigenvalue weighted by molar-refractivity contribution is 7.26. The van der Waals surface area contributed by atoms with Crippen LogP contribution in [0.4, 0.5) is 17.1 Å². The number of fused-ring (bicyclic) bond motifs is 13. The van der Waals surface area contributed by atoms with Gasteiger partial charge in [-0.1, -0.05) is 131 Å². The number of nitrogens with zero attached hydrogens (tertiary/aromatic N) is 1. The van der Waals surface area contributed by atoms with Crippen molar-refractivity contribution in [2.75, 3.05) is 4.90 Å². The largest absolute Gasteiger partial charge is 0.310 e. The zero-order valence-electron chi connectivity index (χ0n) is 27.6. The maximum Gasteiger partial charge on any atom is 0.0476 e. The molecule has 2 aliphatic rings. The van der Waals surface area contributed by atoms with E-state index in [0.717, 1.165) is 5.69 Å². The molecule has 0 amide bonds. The van der Waals surface area contributed by atoms with Gasteiger partial charge in [-0.05, 0) is 86.3 Å². The molecule has 0 unspecified atom stereocenters. The number of anilines is 3. The maximum absolute atomic E-state index is 2.44. The minimum absolute atomic E-state index is 0.0639. The van der Waals surface area contributed by atoms with Gasteiger partial charge in [-0.25, -0.2) is 0 Å². The predicted octanol–water partition coefficient (Wildman–Crippen LogP) is 13.3. The molecular weight excluding hydrogens is 599 g/mol. The van der Waals surface area contributed by atoms with E-state index < -0.39 is 0 Å². The van der Waals surface area contributed by atoms with Crippen molar-refractivity contribution in [2.45, 2.75) is 38.5 Å². The van der Waals surface area contributed by atoms with Crippen molar-refractivity contribution in [3.8, 4) is 22.3 Å². The van der Waals surface area contributed by atoms with Crippen molar-refractivity contribution < 1.29 is 0 Å². The summed E-state index contributed by atoms with van der Waals surface area (Å²) in [6, 6.07) is 52.0. The first-order valence-electron chi connectivity index (χ1n) is 16.9. The molecule has 2 heteroatoms. The van der Waals surface area contributed by atoms with Gasteiger partial charge in [-0.3, -0.25) is 0 Å². The van der Waals surface area contributed by atoms with E-state index in [9.17, 15) is 0 Å². The third kappa shape index (κ3) is 3.61. The van der Waals surface area contributed by atoms with Crippen molar-refractivity contribution in [3.05, 3.63) is 162 Å². The van der Waals surface area contributed by atoms with Gasteiger partial charge in [0.05, 0.1) is 0 Å². The van der Waals surface area contributed by atoms with Gasteiger partial charge >= 0.3 is 0 Å². The van der Waals surface area contributed by atoms with Crippen LogP contribution in [0.1, 0.15) is 49.9 Å². The van der Waals surface area contributed by atoms with Crippen LogP contribution in [-0.2, 0) is 10.8 Å². The summed E-state index contributed by atoms with van der Waals surface area (Å²) < 4.78 is 2.71. The lowest BCUT2D eigenvalue weighted by atomic mass is 9.80. The molecule has 0 radical (unpaired) electrons. The fourth-order valence-corrected chi connectivity index (χ4v) is 10.2. The molecule has 1 heterocycles. The van der Waals surface area contributed by atoms with Gasteiger partial charge < -0.3 is 4.90 Å². The van der Waals surface area contributed by atoms with E-state index >= 15 is 0 Å². The molecule has 230 valence electrons. The topological polar surface area (TPSA) is 3.24 Å². The van der Waals surface area contributed by atoms with Crippen molar-refractivity contribution in [1.29, 1.82) is 0 Å². The van der Waals surface area contributed by atoms with Gasteiger partial charge in [0.2, 0.25) is 0 Å². The van der Waals surface area contributed by atoms with E-state index in [1.165, 1.54) is 86.8 Å². The summed E-state index contributed by atoms with van der Waals surface area (Å²) in [4.78, 5) is 2.44. The van der Waals surface area contributed by atoms with Crippen molar-refractivity contribution in [1.82, 2.24) is 0 Å². The van der Waals surface area contributed by atoms with Gasteiger partial charge in [0.15, 0.2) is 0 Å². The Hall–Kier alpha value is -5.18. The molecule has 0 atom stereocenters. The number of hydrogen-bond acceptors (Lipinski definition) is 2. The molecule has 48 heavy (non-hydrogen) atoms. The Kier molecular flexibility index (Phi) is 5.63. The molecule has 0 fully saturated rings. The van der Waals surface area contributed by atoms with E-state index in [1.54, 1.807) is 0 Å². The summed E-state index contributed by atoms with van der Waals surface area (Å²) in [5, 5.41) is 5.47. The average molecular weight is 634 g/mol. The van der Waals surface area contributed by atoms with Crippen LogP contribution in [0.15, 0.2) is 140 Å². The lowest BCUT2D eigenvalue weighted by Crippen LogP contribution is -2.16. The molecule has 0 saturated heterocycles. The summed E-state index contributed by atoms with van der Waals surface area (Å²) in [5.41, 5.74) is 14.5. The molecule has 0 saturated carbocycles. The molecule has 2 aliphatic carbocycles. The highest BCUT2D eigenvalue weighted by atomic mass is 32.1. The monoisotopic (exact) mass is 633 g/mol. The van der Waals surface area contributed by atoms with E-state index in [1.807, 2.05) is 11.3 Å². The summed E-state index contributed by atoms with van der Waals surface area (Å²) in [6.45, 7) is 9.54. The van der Waals surface area contributed by atoms with Crippen molar-refractivity contribution >= 4 is 59.3 Å². The molecule has 0 aliphatic heterocycles. The second kappa shape index (κ2) is 9.69. The van der Waals surface area contributed by atoms with Crippen LogP contribution in [-0.4, -0.2) is 0 Å². The number of para-hydroxylation sites is 1. The highest BCUT2D eigenvalue weighted by Crippen LogP contribution is 2.57. The van der Waals surface area contributed by atoms with Crippen LogP contribution >= 0.6 is 11.3 Å². The van der Waals surface area contributed by atoms with Gasteiger partial charge in [0, 0.05) is 53.5 Å². The highest BCUT2D eigenvalue weighted by Gasteiger charge is 2.39. The van der Waals surface area contributed by atoms with Crippen molar-refractivity contribution in [3.63, 3.8) is 0 Å². The first kappa shape index (κ1) is 27.9. The van der Waals surface area contributed by atoms with Crippen LogP contribution in [0.3, 0.4) is 0 Å². The van der Waals surface area contributed by atoms with Crippen LogP contribution < -0.4 is 4.90 Å². The Bertz CT molecular complexity index is 2620. The Morgan fingerprint density at radius 1 is 0.458 bits per heavy atom. The number of thiophene rings is 1. The maximum atomic E-state index is 2.44. The minimum Gasteiger partial charge on any atom is -0.310 e. The number of rotatable bonds is 3. The molecule has 1 aromatic heterocycles. The molecule has 1 nitrogen and oxygen atoms in total. The Morgan fingerprint density at radius 2 is 1.06 bits per heavy atom. The van der Waals surface area contributed by atoms with Crippen LogP contribution in [0, 0.1) is 0 Å². The van der Waals surface area contributed by atoms with Gasteiger partial charge in [-0.2, -0.15) is 0 Å². The summed E-state index contributed by atoms with van der Waals surface area (Å²) in [7, 11) is 0. The molecule has 8 aromatic rings. The zero-order chi connectivity index (χ0) is 32.4. The summed E-state index contributed by atoms with van der Waals surface area (Å²) in [6.07, 6.45) is 0. The molecule has 0 spiro atoms. The molecular formula is C46H35NS. The molecule has 7 aromatic carbocycles. The van der Waals surface area contributed by atoms with E-state index in [-0.39, 0.29) is 10.8 Å². The fraction of sp³-hybridized carbons (Fsp3) is 0.130. The van der Waals surface area contributed by atoms with E-state index in [0.29, 0.717) is 0 Å². The second-order valence-electron chi connectivity index (χ2n) is 14.5. The first-order chi connectivity index (χ1) is 23.3. The zero-order valence-corrected chi connectivity index (χ0v) is 28.5. The minimum atomic E-state index is -0.0915. The fourth-order valence-electron chi connectivity index (χ4n) is 8.96. The first-order valence-corrected chi connectivity index (χ1v) is 17.8. The van der Waals surface area contributed by atoms with Crippen LogP contribution in [0.5, 0.6) is 0 Å². The van der Waals surface area contributed by atoms with Crippen LogP contribution in [0.2, 0.25) is 0 Å². The third-order valence-corrected chi connectivity index (χ3v) is 12.4. The molecule has 10 rings (SSSR count). The smallest absolute Gasteiger partial charge is 0.0476 e. The predicted molar refractivity (Wildman–Crippen MR) is 207 cm³/mol. The van der Waals surface area contributed by atoms with E-state index in [4.69, 9.17) is 0 Å². The molecule has 0 N–H and O–H groups in total. The lowest BCUT2D eigenvalue weighted by Gasteiger charge is -2.28. The molecule has 0 bridgehead atoms. The SMILES string of the molecule is CC1(C)c2ccccc2-c2ccc(N(c3ccccc3)c3ccc4c(c3)sc3c5ccccc5c5c(c43)C(C)(C)c3ccccc3-5)cc21. The van der Waals surface area contributed by atoms with Crippen molar-refractivity contribution in [2.24, 2.45) is 0 Å². The number of hydrogen-bond donors (Lipinski definition) is 0. The lowest BCUT2D eigenvalue weighted by molar-refractivity contribution is 0.660. The van der Waals surface area contributed by atoms with Crippen LogP contribution in [0.25, 0.3) is 53.2 Å². The quantitative estimate of drug-likeness (QED) is 0.187. The Morgan fingerprint density at radius 3 is 1.85 bits per heavy atom. The standard InChI is InChI=1S/C46H35NS/c1-45(2)37-20-12-10-16-31(37)32-24-22-29(26-39(32)45)47(28-14-6-5-7-15-28)30-23-25-36-40(27-30)48-44-34-18-9-8-17-33(34)41-35-19-11-13-21-38(35)46(3,4)43(41)42(36)44/h5-27H,1-4H3. The summed E-state index contributed by atoms with van der Waals surface area (Å²) >= 11 is 1.94. The number of benzene rings is 7. The third-order valence-electron chi connectivity index (χ3n) is 11.2. The normalized spacial score (nSPS) is 15.0. The Balaban J connectivity index is 1.22. The van der Waals surface area contributed by atoms with Gasteiger partial charge in [-0.15, -0.1) is 11.3 Å². The average Bonchev–Trinajstić information content (AvgIpc) is 3.69. The summed E-state index contributed by atoms with van der Waals surface area (Å²) in [5.74, 6) is 0. The van der Waals surface area contributed by atoms with E-state index in [2.05, 4.69) is 172 Å².